The second kappa shape index (κ2) is 4.09. The summed E-state index contributed by atoms with van der Waals surface area (Å²) in [5.41, 5.74) is 0.898. The van der Waals surface area contributed by atoms with Crippen LogP contribution in [0.2, 0.25) is 0 Å². The molecule has 80 valence electrons. The Labute approximate surface area is 104 Å². The van der Waals surface area contributed by atoms with Crippen molar-refractivity contribution in [3.63, 3.8) is 0 Å². The van der Waals surface area contributed by atoms with Crippen LogP contribution in [0.5, 0.6) is 0 Å². The fraction of sp³-hybridized carbons (Fsp3) is 0.333. The third kappa shape index (κ3) is 1.76. The first-order valence-electron chi connectivity index (χ1n) is 4.44. The summed E-state index contributed by atoms with van der Waals surface area (Å²) in [6, 6.07) is 0. The number of hydrogen-bond donors (Lipinski definition) is 0. The molecule has 2 heterocycles. The minimum atomic E-state index is -0.263. The number of rotatable bonds is 2. The molecule has 0 unspecified atom stereocenters. The lowest BCUT2D eigenvalue weighted by molar-refractivity contribution is 0.0531. The van der Waals surface area contributed by atoms with Crippen LogP contribution in [-0.2, 0) is 4.74 Å². The highest BCUT2D eigenvalue weighted by atomic mass is 127. The molecule has 0 saturated heterocycles. The number of aryl methyl sites for hydroxylation is 1. The van der Waals surface area contributed by atoms with Gasteiger partial charge in [0.25, 0.3) is 0 Å². The molecule has 0 aliphatic heterocycles. The maximum Gasteiger partial charge on any atom is 0.350 e. The van der Waals surface area contributed by atoms with E-state index in [0.29, 0.717) is 11.5 Å². The molecule has 0 atom stereocenters. The molecular formula is C9H9IN2O2S. The van der Waals surface area contributed by atoms with Crippen molar-refractivity contribution in [2.45, 2.75) is 13.8 Å². The third-order valence-corrected chi connectivity index (χ3v) is 3.90. The van der Waals surface area contributed by atoms with Gasteiger partial charge < -0.3 is 4.74 Å². The summed E-state index contributed by atoms with van der Waals surface area (Å²) in [4.78, 5) is 17.3. The van der Waals surface area contributed by atoms with Gasteiger partial charge in [0.2, 0.25) is 0 Å². The van der Waals surface area contributed by atoms with Crippen molar-refractivity contribution < 1.29 is 9.53 Å². The van der Waals surface area contributed by atoms with Crippen molar-refractivity contribution in [3.8, 4) is 0 Å². The van der Waals surface area contributed by atoms with Crippen molar-refractivity contribution in [1.29, 1.82) is 0 Å². The van der Waals surface area contributed by atoms with Crippen molar-refractivity contribution in [1.82, 2.24) is 9.38 Å². The fourth-order valence-corrected chi connectivity index (χ4v) is 3.23. The second-order valence-corrected chi connectivity index (χ2v) is 5.02. The van der Waals surface area contributed by atoms with E-state index in [1.54, 1.807) is 13.1 Å². The van der Waals surface area contributed by atoms with Crippen LogP contribution in [0.1, 0.15) is 22.3 Å². The summed E-state index contributed by atoms with van der Waals surface area (Å²) in [5.74, 6) is -0.263. The lowest BCUT2D eigenvalue weighted by atomic mass is 10.4. The van der Waals surface area contributed by atoms with Crippen LogP contribution in [-0.4, -0.2) is 22.0 Å². The van der Waals surface area contributed by atoms with Crippen molar-refractivity contribution in [3.05, 3.63) is 20.5 Å². The quantitative estimate of drug-likeness (QED) is 0.625. The van der Waals surface area contributed by atoms with Crippen LogP contribution in [0.3, 0.4) is 0 Å². The molecule has 4 nitrogen and oxygen atoms in total. The summed E-state index contributed by atoms with van der Waals surface area (Å²) < 4.78 is 7.94. The Hall–Kier alpha value is -0.630. The number of carbonyl (C=O) groups excluding carboxylic acids is 1. The average Bonchev–Trinajstić information content (AvgIpc) is 2.70. The van der Waals surface area contributed by atoms with Gasteiger partial charge in [0.1, 0.15) is 8.58 Å². The number of thiazole rings is 1. The number of aromatic nitrogens is 2. The summed E-state index contributed by atoms with van der Waals surface area (Å²) in [6.07, 6.45) is 1.79. The first kappa shape index (κ1) is 10.9. The maximum atomic E-state index is 11.6. The van der Waals surface area contributed by atoms with Gasteiger partial charge in [0.15, 0.2) is 4.96 Å². The molecule has 0 amide bonds. The number of carbonyl (C=O) groups is 1. The molecule has 15 heavy (non-hydrogen) atoms. The Morgan fingerprint density at radius 3 is 3.07 bits per heavy atom. The third-order valence-electron chi connectivity index (χ3n) is 2.00. The molecule has 0 spiro atoms. The van der Waals surface area contributed by atoms with E-state index in [1.165, 1.54) is 11.3 Å². The molecule has 2 rings (SSSR count). The summed E-state index contributed by atoms with van der Waals surface area (Å²) in [5, 5.41) is 0. The van der Waals surface area contributed by atoms with E-state index in [1.807, 2.05) is 11.3 Å². The first-order valence-corrected chi connectivity index (χ1v) is 6.34. The molecule has 6 heteroatoms. The van der Waals surface area contributed by atoms with Gasteiger partial charge in [0.05, 0.1) is 12.8 Å². The van der Waals surface area contributed by atoms with Gasteiger partial charge in [-0.3, -0.25) is 4.40 Å². The molecule has 2 aromatic heterocycles. The van der Waals surface area contributed by atoms with E-state index >= 15 is 0 Å². The topological polar surface area (TPSA) is 43.6 Å². The number of esters is 1. The van der Waals surface area contributed by atoms with Gasteiger partial charge in [-0.25, -0.2) is 9.78 Å². The fourth-order valence-electron chi connectivity index (χ4n) is 1.34. The SMILES string of the molecule is CCOC(=O)c1sc2ncc(I)n2c1C. The highest BCUT2D eigenvalue weighted by Crippen LogP contribution is 2.25. The van der Waals surface area contributed by atoms with Gasteiger partial charge in [0, 0.05) is 5.69 Å². The zero-order chi connectivity index (χ0) is 11.0. The molecule has 0 aromatic carbocycles. The minimum absolute atomic E-state index is 0.263. The minimum Gasteiger partial charge on any atom is -0.462 e. The van der Waals surface area contributed by atoms with Crippen LogP contribution < -0.4 is 0 Å². The molecule has 0 N–H and O–H groups in total. The van der Waals surface area contributed by atoms with Crippen LogP contribution in [0.15, 0.2) is 6.20 Å². The molecule has 0 aliphatic rings. The second-order valence-electron chi connectivity index (χ2n) is 2.94. The monoisotopic (exact) mass is 336 g/mol. The molecular weight excluding hydrogens is 327 g/mol. The van der Waals surface area contributed by atoms with Crippen molar-refractivity contribution >= 4 is 44.9 Å². The van der Waals surface area contributed by atoms with E-state index < -0.39 is 0 Å². The Morgan fingerprint density at radius 2 is 2.47 bits per heavy atom. The average molecular weight is 336 g/mol. The standard InChI is InChI=1S/C9H9IN2O2S/c1-3-14-8(13)7-5(2)12-6(10)4-11-9(12)15-7/h4H,3H2,1-2H3. The van der Waals surface area contributed by atoms with E-state index in [9.17, 15) is 4.79 Å². The van der Waals surface area contributed by atoms with E-state index in [2.05, 4.69) is 27.6 Å². The number of halogens is 1. The van der Waals surface area contributed by atoms with Crippen LogP contribution in [0.25, 0.3) is 4.96 Å². The Bertz CT molecular complexity index is 517. The van der Waals surface area contributed by atoms with E-state index in [4.69, 9.17) is 4.74 Å². The first-order chi connectivity index (χ1) is 7.15. The van der Waals surface area contributed by atoms with Gasteiger partial charge >= 0.3 is 5.97 Å². The normalized spacial score (nSPS) is 10.9. The van der Waals surface area contributed by atoms with Crippen LogP contribution >= 0.6 is 33.9 Å². The smallest absolute Gasteiger partial charge is 0.350 e. The van der Waals surface area contributed by atoms with Gasteiger partial charge in [-0.2, -0.15) is 0 Å². The van der Waals surface area contributed by atoms with Gasteiger partial charge in [-0.05, 0) is 36.4 Å². The van der Waals surface area contributed by atoms with Gasteiger partial charge in [-0.1, -0.05) is 11.3 Å². The summed E-state index contributed by atoms with van der Waals surface area (Å²) >= 11 is 3.56. The molecule has 0 radical (unpaired) electrons. The molecule has 0 saturated carbocycles. The predicted molar refractivity (Wildman–Crippen MR) is 66.5 cm³/mol. The highest BCUT2D eigenvalue weighted by molar-refractivity contribution is 14.1. The number of ether oxygens (including phenoxy) is 1. The number of hydrogen-bond acceptors (Lipinski definition) is 4. The lowest BCUT2D eigenvalue weighted by Crippen LogP contribution is -2.04. The largest absolute Gasteiger partial charge is 0.462 e. The molecule has 2 aromatic rings. The summed E-state index contributed by atoms with van der Waals surface area (Å²) in [7, 11) is 0. The molecule has 0 fully saturated rings. The van der Waals surface area contributed by atoms with Gasteiger partial charge in [-0.15, -0.1) is 0 Å². The Morgan fingerprint density at radius 1 is 1.73 bits per heavy atom. The van der Waals surface area contributed by atoms with Crippen LogP contribution in [0.4, 0.5) is 0 Å². The van der Waals surface area contributed by atoms with E-state index in [-0.39, 0.29) is 5.97 Å². The zero-order valence-corrected chi connectivity index (χ0v) is 11.3. The van der Waals surface area contributed by atoms with E-state index in [0.717, 1.165) is 14.4 Å². The Balaban J connectivity index is 2.53. The molecule has 0 bridgehead atoms. The van der Waals surface area contributed by atoms with Crippen LogP contribution in [0, 0.1) is 10.6 Å². The number of fused-ring (bicyclic) bond motifs is 1. The maximum absolute atomic E-state index is 11.6. The molecule has 0 aliphatic carbocycles. The number of imidazole rings is 1. The lowest BCUT2D eigenvalue weighted by Gasteiger charge is -1.99. The van der Waals surface area contributed by atoms with Crippen molar-refractivity contribution in [2.75, 3.05) is 6.61 Å². The predicted octanol–water partition coefficient (Wildman–Crippen LogP) is 2.49. The number of nitrogens with zero attached hydrogens (tertiary/aromatic N) is 2. The summed E-state index contributed by atoms with van der Waals surface area (Å²) in [6.45, 7) is 4.10. The zero-order valence-electron chi connectivity index (χ0n) is 8.28. The Kier molecular flexibility index (Phi) is 2.96. The highest BCUT2D eigenvalue weighted by Gasteiger charge is 2.18. The van der Waals surface area contributed by atoms with Crippen molar-refractivity contribution in [2.24, 2.45) is 0 Å².